The van der Waals surface area contributed by atoms with Gasteiger partial charge in [-0.1, -0.05) is 36.4 Å². The fourth-order valence-corrected chi connectivity index (χ4v) is 4.50. The summed E-state index contributed by atoms with van der Waals surface area (Å²) in [6, 6.07) is 15.4. The number of rotatable bonds is 8. The number of carbonyl (C=O) groups excluding carboxylic acids is 1. The van der Waals surface area contributed by atoms with Gasteiger partial charge in [0.15, 0.2) is 11.5 Å². The zero-order chi connectivity index (χ0) is 24.8. The normalized spacial score (nSPS) is 14.4. The topological polar surface area (TPSA) is 78.6 Å². The Hall–Kier alpha value is -3.81. The van der Waals surface area contributed by atoms with E-state index in [0.717, 1.165) is 29.8 Å². The Morgan fingerprint density at radius 1 is 1.06 bits per heavy atom. The number of benzene rings is 2. The molecule has 184 valence electrons. The molecule has 3 aromatic rings. The number of aromatic nitrogens is 3. The van der Waals surface area contributed by atoms with Gasteiger partial charge in [0.1, 0.15) is 5.82 Å². The maximum atomic E-state index is 12.9. The number of nitrogens with zero attached hydrogens (tertiary/aromatic N) is 4. The van der Waals surface area contributed by atoms with Crippen LogP contribution in [0.1, 0.15) is 42.6 Å². The van der Waals surface area contributed by atoms with E-state index in [-0.39, 0.29) is 17.5 Å². The molecule has 1 saturated heterocycles. The highest BCUT2D eigenvalue weighted by Gasteiger charge is 2.27. The summed E-state index contributed by atoms with van der Waals surface area (Å²) < 4.78 is 13.9. The molecule has 0 spiro atoms. The summed E-state index contributed by atoms with van der Waals surface area (Å²) in [5.74, 6) is 2.21. The SMILES string of the molecule is CCn1c(C2CCN(C(=O)/C=C/c3ccc(OC)c(OC)c3)CC2)nn(Cc2ccccc2)c1=O. The number of methoxy groups -OCH3 is 2. The molecule has 8 heteroatoms. The Morgan fingerprint density at radius 3 is 2.43 bits per heavy atom. The van der Waals surface area contributed by atoms with E-state index in [1.165, 1.54) is 0 Å². The lowest BCUT2D eigenvalue weighted by Crippen LogP contribution is -2.37. The molecule has 4 rings (SSSR count). The molecule has 1 aliphatic rings. The van der Waals surface area contributed by atoms with Crippen LogP contribution in [-0.4, -0.2) is 52.5 Å². The predicted molar refractivity (Wildman–Crippen MR) is 135 cm³/mol. The zero-order valence-corrected chi connectivity index (χ0v) is 20.5. The molecule has 0 unspecified atom stereocenters. The highest BCUT2D eigenvalue weighted by atomic mass is 16.5. The van der Waals surface area contributed by atoms with E-state index in [4.69, 9.17) is 14.6 Å². The number of carbonyl (C=O) groups is 1. The quantitative estimate of drug-likeness (QED) is 0.465. The minimum Gasteiger partial charge on any atom is -0.493 e. The molecular weight excluding hydrogens is 444 g/mol. The van der Waals surface area contributed by atoms with Crippen molar-refractivity contribution < 1.29 is 14.3 Å². The Balaban J connectivity index is 1.40. The lowest BCUT2D eigenvalue weighted by molar-refractivity contribution is -0.127. The van der Waals surface area contributed by atoms with E-state index in [9.17, 15) is 9.59 Å². The van der Waals surface area contributed by atoms with Crippen LogP contribution in [0.3, 0.4) is 0 Å². The fraction of sp³-hybridized carbons (Fsp3) is 0.370. The number of piperidine rings is 1. The van der Waals surface area contributed by atoms with Gasteiger partial charge in [0.2, 0.25) is 5.91 Å². The van der Waals surface area contributed by atoms with Crippen LogP contribution in [0.5, 0.6) is 11.5 Å². The van der Waals surface area contributed by atoms with Gasteiger partial charge in [-0.15, -0.1) is 0 Å². The molecule has 0 N–H and O–H groups in total. The number of likely N-dealkylation sites (tertiary alicyclic amines) is 1. The molecule has 35 heavy (non-hydrogen) atoms. The van der Waals surface area contributed by atoms with Gasteiger partial charge in [-0.3, -0.25) is 9.36 Å². The van der Waals surface area contributed by atoms with E-state index >= 15 is 0 Å². The van der Waals surface area contributed by atoms with Crippen molar-refractivity contribution >= 4 is 12.0 Å². The van der Waals surface area contributed by atoms with Crippen LogP contribution in [0.2, 0.25) is 0 Å². The van der Waals surface area contributed by atoms with Gasteiger partial charge in [-0.05, 0) is 49.1 Å². The Bertz CT molecular complexity index is 1240. The van der Waals surface area contributed by atoms with Crippen molar-refractivity contribution in [2.45, 2.75) is 38.8 Å². The van der Waals surface area contributed by atoms with Gasteiger partial charge in [0, 0.05) is 31.6 Å². The van der Waals surface area contributed by atoms with Crippen molar-refractivity contribution in [3.8, 4) is 11.5 Å². The number of amides is 1. The van der Waals surface area contributed by atoms with Crippen LogP contribution in [0, 0.1) is 0 Å². The van der Waals surface area contributed by atoms with Crippen molar-refractivity contribution in [2.75, 3.05) is 27.3 Å². The molecule has 0 saturated carbocycles. The summed E-state index contributed by atoms with van der Waals surface area (Å²) in [5.41, 5.74) is 1.83. The highest BCUT2D eigenvalue weighted by molar-refractivity contribution is 5.92. The smallest absolute Gasteiger partial charge is 0.346 e. The Morgan fingerprint density at radius 2 is 1.77 bits per heavy atom. The van der Waals surface area contributed by atoms with Gasteiger partial charge in [-0.2, -0.15) is 5.10 Å². The third-order valence-electron chi connectivity index (χ3n) is 6.44. The van der Waals surface area contributed by atoms with E-state index in [1.54, 1.807) is 35.6 Å². The third-order valence-corrected chi connectivity index (χ3v) is 6.44. The minimum absolute atomic E-state index is 0.0271. The summed E-state index contributed by atoms with van der Waals surface area (Å²) in [6.07, 6.45) is 4.93. The summed E-state index contributed by atoms with van der Waals surface area (Å²) >= 11 is 0. The monoisotopic (exact) mass is 476 g/mol. The van der Waals surface area contributed by atoms with Crippen molar-refractivity contribution in [3.05, 3.63) is 82.0 Å². The van der Waals surface area contributed by atoms with Gasteiger partial charge in [0.25, 0.3) is 0 Å². The molecule has 8 nitrogen and oxygen atoms in total. The molecule has 1 aliphatic heterocycles. The van der Waals surface area contributed by atoms with Gasteiger partial charge < -0.3 is 14.4 Å². The fourth-order valence-electron chi connectivity index (χ4n) is 4.50. The molecule has 1 amide bonds. The van der Waals surface area contributed by atoms with Gasteiger partial charge in [0.05, 0.1) is 20.8 Å². The van der Waals surface area contributed by atoms with E-state index in [0.29, 0.717) is 37.7 Å². The van der Waals surface area contributed by atoms with Crippen LogP contribution in [0.15, 0.2) is 59.4 Å². The van der Waals surface area contributed by atoms with Crippen molar-refractivity contribution in [1.82, 2.24) is 19.2 Å². The summed E-state index contributed by atoms with van der Waals surface area (Å²) in [5, 5.41) is 4.70. The largest absolute Gasteiger partial charge is 0.493 e. The molecule has 1 aromatic heterocycles. The Kier molecular flexibility index (Phi) is 7.70. The first kappa shape index (κ1) is 24.3. The molecule has 0 bridgehead atoms. The van der Waals surface area contributed by atoms with E-state index in [2.05, 4.69) is 0 Å². The number of hydrogen-bond acceptors (Lipinski definition) is 5. The van der Waals surface area contributed by atoms with Crippen LogP contribution in [-0.2, 0) is 17.9 Å². The highest BCUT2D eigenvalue weighted by Crippen LogP contribution is 2.29. The van der Waals surface area contributed by atoms with Gasteiger partial charge in [-0.25, -0.2) is 9.48 Å². The third kappa shape index (κ3) is 5.48. The maximum Gasteiger partial charge on any atom is 0.346 e. The van der Waals surface area contributed by atoms with Crippen LogP contribution in [0.4, 0.5) is 0 Å². The lowest BCUT2D eigenvalue weighted by Gasteiger charge is -2.30. The first-order valence-corrected chi connectivity index (χ1v) is 11.9. The molecule has 2 aromatic carbocycles. The standard InChI is InChI=1S/C27H32N4O4/c1-4-30-26(28-31(27(30)33)19-21-8-6-5-7-9-21)22-14-16-29(17-15-22)25(32)13-11-20-10-12-23(34-2)24(18-20)35-3/h5-13,18,22H,4,14-17,19H2,1-3H3/b13-11+. The van der Waals surface area contributed by atoms with Crippen molar-refractivity contribution in [2.24, 2.45) is 0 Å². The van der Waals surface area contributed by atoms with Gasteiger partial charge >= 0.3 is 5.69 Å². The summed E-state index contributed by atoms with van der Waals surface area (Å²) in [6.45, 7) is 4.26. The number of hydrogen-bond donors (Lipinski definition) is 0. The second-order valence-electron chi connectivity index (χ2n) is 8.58. The lowest BCUT2D eigenvalue weighted by atomic mass is 9.95. The van der Waals surface area contributed by atoms with Crippen LogP contribution >= 0.6 is 0 Å². The minimum atomic E-state index is -0.0808. The van der Waals surface area contributed by atoms with Crippen LogP contribution in [0.25, 0.3) is 6.08 Å². The molecular formula is C27H32N4O4. The molecule has 0 radical (unpaired) electrons. The molecule has 1 fully saturated rings. The van der Waals surface area contributed by atoms with Crippen molar-refractivity contribution in [1.29, 1.82) is 0 Å². The van der Waals surface area contributed by atoms with E-state index in [1.807, 2.05) is 60.4 Å². The molecule has 2 heterocycles. The average molecular weight is 477 g/mol. The summed E-state index contributed by atoms with van der Waals surface area (Å²) in [4.78, 5) is 27.6. The Labute approximate surface area is 205 Å². The second kappa shape index (κ2) is 11.1. The maximum absolute atomic E-state index is 12.9. The summed E-state index contributed by atoms with van der Waals surface area (Å²) in [7, 11) is 3.18. The molecule has 0 atom stereocenters. The predicted octanol–water partition coefficient (Wildman–Crippen LogP) is 3.55. The van der Waals surface area contributed by atoms with Crippen LogP contribution < -0.4 is 15.2 Å². The number of ether oxygens (including phenoxy) is 2. The second-order valence-corrected chi connectivity index (χ2v) is 8.58. The first-order valence-electron chi connectivity index (χ1n) is 11.9. The molecule has 0 aliphatic carbocycles. The van der Waals surface area contributed by atoms with E-state index < -0.39 is 0 Å². The average Bonchev–Trinajstić information content (AvgIpc) is 3.22. The first-order chi connectivity index (χ1) is 17.0. The zero-order valence-electron chi connectivity index (χ0n) is 20.5. The van der Waals surface area contributed by atoms with Crippen molar-refractivity contribution in [3.63, 3.8) is 0 Å².